The van der Waals surface area contributed by atoms with Crippen molar-refractivity contribution >= 4 is 5.97 Å². The van der Waals surface area contributed by atoms with Crippen molar-refractivity contribution in [3.8, 4) is 11.1 Å². The molecule has 0 saturated carbocycles. The molecular formula is C14H6F6O2. The SMILES string of the molecule is O=C(O)Cc1cccc(F)c1-c1c(F)c(F)c(F)c(F)c1F. The molecule has 0 fully saturated rings. The summed E-state index contributed by atoms with van der Waals surface area (Å²) >= 11 is 0. The molecule has 2 aromatic rings. The van der Waals surface area contributed by atoms with Crippen molar-refractivity contribution in [3.05, 3.63) is 58.7 Å². The summed E-state index contributed by atoms with van der Waals surface area (Å²) in [5.41, 5.74) is -2.89. The summed E-state index contributed by atoms with van der Waals surface area (Å²) < 4.78 is 80.8. The highest BCUT2D eigenvalue weighted by molar-refractivity contribution is 5.77. The molecule has 0 aliphatic rings. The molecule has 0 bridgehead atoms. The van der Waals surface area contributed by atoms with Gasteiger partial charge >= 0.3 is 5.97 Å². The van der Waals surface area contributed by atoms with Crippen molar-refractivity contribution in [3.63, 3.8) is 0 Å². The van der Waals surface area contributed by atoms with Gasteiger partial charge in [0.05, 0.1) is 12.0 Å². The molecule has 0 spiro atoms. The molecular weight excluding hydrogens is 314 g/mol. The number of benzene rings is 2. The van der Waals surface area contributed by atoms with Gasteiger partial charge in [0.1, 0.15) is 5.82 Å². The number of rotatable bonds is 3. The van der Waals surface area contributed by atoms with Crippen LogP contribution in [0.1, 0.15) is 5.56 Å². The number of aliphatic carboxylic acids is 1. The van der Waals surface area contributed by atoms with Crippen LogP contribution in [0, 0.1) is 34.9 Å². The fraction of sp³-hybridized carbons (Fsp3) is 0.0714. The predicted molar refractivity (Wildman–Crippen MR) is 63.0 cm³/mol. The minimum atomic E-state index is -2.38. The Morgan fingerprint density at radius 1 is 0.818 bits per heavy atom. The van der Waals surface area contributed by atoms with Gasteiger partial charge in [-0.05, 0) is 11.6 Å². The van der Waals surface area contributed by atoms with Crippen LogP contribution in [0.3, 0.4) is 0 Å². The van der Waals surface area contributed by atoms with E-state index in [1.54, 1.807) is 0 Å². The maximum absolute atomic E-state index is 13.8. The number of carbonyl (C=O) groups is 1. The van der Waals surface area contributed by atoms with E-state index in [4.69, 9.17) is 5.11 Å². The van der Waals surface area contributed by atoms with Crippen LogP contribution in [0.15, 0.2) is 18.2 Å². The zero-order valence-corrected chi connectivity index (χ0v) is 10.6. The Balaban J connectivity index is 2.86. The molecule has 0 heterocycles. The van der Waals surface area contributed by atoms with E-state index in [1.165, 1.54) is 0 Å². The fourth-order valence-electron chi connectivity index (χ4n) is 1.98. The molecule has 2 aromatic carbocycles. The van der Waals surface area contributed by atoms with E-state index in [2.05, 4.69) is 0 Å². The van der Waals surface area contributed by atoms with Gasteiger partial charge in [-0.15, -0.1) is 0 Å². The molecule has 22 heavy (non-hydrogen) atoms. The molecule has 0 aliphatic heterocycles. The Morgan fingerprint density at radius 3 is 1.82 bits per heavy atom. The molecule has 2 rings (SSSR count). The molecule has 0 radical (unpaired) electrons. The molecule has 0 saturated heterocycles. The molecule has 8 heteroatoms. The van der Waals surface area contributed by atoms with Crippen molar-refractivity contribution in [1.82, 2.24) is 0 Å². The fourth-order valence-corrected chi connectivity index (χ4v) is 1.98. The third-order valence-corrected chi connectivity index (χ3v) is 2.90. The van der Waals surface area contributed by atoms with Crippen molar-refractivity contribution in [1.29, 1.82) is 0 Å². The minimum absolute atomic E-state index is 0.421. The summed E-state index contributed by atoms with van der Waals surface area (Å²) in [6.07, 6.45) is -0.855. The monoisotopic (exact) mass is 320 g/mol. The zero-order chi connectivity index (χ0) is 16.6. The third-order valence-electron chi connectivity index (χ3n) is 2.90. The quantitative estimate of drug-likeness (QED) is 0.530. The third kappa shape index (κ3) is 2.51. The van der Waals surface area contributed by atoms with Crippen LogP contribution in [-0.2, 0) is 11.2 Å². The zero-order valence-electron chi connectivity index (χ0n) is 10.6. The average molecular weight is 320 g/mol. The maximum Gasteiger partial charge on any atom is 0.307 e. The van der Waals surface area contributed by atoms with Crippen molar-refractivity contribution < 1.29 is 36.2 Å². The van der Waals surface area contributed by atoms with Crippen molar-refractivity contribution in [2.24, 2.45) is 0 Å². The molecule has 2 nitrogen and oxygen atoms in total. The first-order valence-electron chi connectivity index (χ1n) is 5.76. The van der Waals surface area contributed by atoms with Gasteiger partial charge in [0.2, 0.25) is 5.82 Å². The van der Waals surface area contributed by atoms with E-state index >= 15 is 0 Å². The molecule has 0 amide bonds. The predicted octanol–water partition coefficient (Wildman–Crippen LogP) is 3.82. The van der Waals surface area contributed by atoms with E-state index < -0.39 is 64.0 Å². The average Bonchev–Trinajstić information content (AvgIpc) is 2.45. The number of carboxylic acid groups (broad SMARTS) is 1. The van der Waals surface area contributed by atoms with Gasteiger partial charge in [0.25, 0.3) is 0 Å². The Bertz CT molecular complexity index is 743. The summed E-state index contributed by atoms with van der Waals surface area (Å²) in [5.74, 6) is -14.1. The van der Waals surface area contributed by atoms with Gasteiger partial charge in [-0.1, -0.05) is 12.1 Å². The van der Waals surface area contributed by atoms with Crippen LogP contribution >= 0.6 is 0 Å². The largest absolute Gasteiger partial charge is 0.481 e. The standard InChI is InChI=1S/C14H6F6O2/c15-6-3-1-2-5(4-7(21)22)8(6)9-10(16)12(18)14(20)13(19)11(9)17/h1-3H,4H2,(H,21,22). The van der Waals surface area contributed by atoms with Gasteiger partial charge in [0.15, 0.2) is 23.3 Å². The summed E-state index contributed by atoms with van der Waals surface area (Å²) in [5, 5.41) is 8.70. The van der Waals surface area contributed by atoms with E-state index in [0.29, 0.717) is 0 Å². The normalized spacial score (nSPS) is 10.8. The highest BCUT2D eigenvalue weighted by Crippen LogP contribution is 2.35. The second-order valence-corrected chi connectivity index (χ2v) is 4.29. The first-order valence-corrected chi connectivity index (χ1v) is 5.76. The van der Waals surface area contributed by atoms with Crippen LogP contribution in [-0.4, -0.2) is 11.1 Å². The van der Waals surface area contributed by atoms with Crippen molar-refractivity contribution in [2.75, 3.05) is 0 Å². The first kappa shape index (κ1) is 15.9. The lowest BCUT2D eigenvalue weighted by Crippen LogP contribution is -2.09. The Morgan fingerprint density at radius 2 is 1.32 bits per heavy atom. The molecule has 0 unspecified atom stereocenters. The summed E-state index contributed by atoms with van der Waals surface area (Å²) in [6.45, 7) is 0. The van der Waals surface area contributed by atoms with Crippen LogP contribution in [0.5, 0.6) is 0 Å². The van der Waals surface area contributed by atoms with Crippen LogP contribution in [0.25, 0.3) is 11.1 Å². The number of halogens is 6. The van der Waals surface area contributed by atoms with Gasteiger partial charge in [0, 0.05) is 5.56 Å². The second kappa shape index (κ2) is 5.70. The van der Waals surface area contributed by atoms with E-state index in [1.807, 2.05) is 0 Å². The second-order valence-electron chi connectivity index (χ2n) is 4.29. The highest BCUT2D eigenvalue weighted by atomic mass is 19.2. The van der Waals surface area contributed by atoms with Gasteiger partial charge < -0.3 is 5.11 Å². The van der Waals surface area contributed by atoms with Gasteiger partial charge in [-0.3, -0.25) is 4.79 Å². The van der Waals surface area contributed by atoms with Crippen LogP contribution in [0.4, 0.5) is 26.3 Å². The lowest BCUT2D eigenvalue weighted by atomic mass is 9.95. The Labute approximate surface area is 119 Å². The number of hydrogen-bond acceptors (Lipinski definition) is 1. The molecule has 1 N–H and O–H groups in total. The smallest absolute Gasteiger partial charge is 0.307 e. The van der Waals surface area contributed by atoms with Crippen LogP contribution < -0.4 is 0 Å². The topological polar surface area (TPSA) is 37.3 Å². The highest BCUT2D eigenvalue weighted by Gasteiger charge is 2.29. The maximum atomic E-state index is 13.8. The minimum Gasteiger partial charge on any atom is -0.481 e. The molecule has 0 atom stereocenters. The number of hydrogen-bond donors (Lipinski definition) is 1. The summed E-state index contributed by atoms with van der Waals surface area (Å²) in [7, 11) is 0. The molecule has 116 valence electrons. The Kier molecular flexibility index (Phi) is 4.11. The van der Waals surface area contributed by atoms with E-state index in [-0.39, 0.29) is 0 Å². The Hall–Kier alpha value is -2.51. The lowest BCUT2D eigenvalue weighted by molar-refractivity contribution is -0.136. The van der Waals surface area contributed by atoms with E-state index in [0.717, 1.165) is 18.2 Å². The molecule has 0 aliphatic carbocycles. The van der Waals surface area contributed by atoms with Crippen LogP contribution in [0.2, 0.25) is 0 Å². The first-order chi connectivity index (χ1) is 10.3. The van der Waals surface area contributed by atoms with E-state index in [9.17, 15) is 31.1 Å². The summed E-state index contributed by atoms with van der Waals surface area (Å²) in [4.78, 5) is 10.7. The lowest BCUT2D eigenvalue weighted by Gasteiger charge is -2.13. The van der Waals surface area contributed by atoms with Gasteiger partial charge in [-0.25, -0.2) is 26.3 Å². The van der Waals surface area contributed by atoms with Gasteiger partial charge in [-0.2, -0.15) is 0 Å². The van der Waals surface area contributed by atoms with Crippen molar-refractivity contribution in [2.45, 2.75) is 6.42 Å². The summed E-state index contributed by atoms with van der Waals surface area (Å²) in [6, 6.07) is 2.80. The molecule has 0 aromatic heterocycles. The number of carboxylic acids is 1.